The third kappa shape index (κ3) is 7.41. The number of hydrogen-bond acceptors (Lipinski definition) is 6. The van der Waals surface area contributed by atoms with E-state index in [1.54, 1.807) is 27.0 Å². The molecule has 1 saturated carbocycles. The van der Waals surface area contributed by atoms with Gasteiger partial charge in [-0.2, -0.15) is 18.3 Å². The molecule has 0 spiro atoms. The van der Waals surface area contributed by atoms with Gasteiger partial charge in [0.1, 0.15) is 17.2 Å². The molecule has 0 atom stereocenters. The zero-order valence-electron chi connectivity index (χ0n) is 24.8. The van der Waals surface area contributed by atoms with Gasteiger partial charge in [0, 0.05) is 18.2 Å². The number of esters is 1. The molecule has 1 aromatic carbocycles. The summed E-state index contributed by atoms with van der Waals surface area (Å²) in [6.45, 7) is 11.5. The van der Waals surface area contributed by atoms with Crippen molar-refractivity contribution in [2.75, 3.05) is 5.32 Å². The lowest BCUT2D eigenvalue weighted by molar-refractivity contribution is -0.171. The highest BCUT2D eigenvalue weighted by atomic mass is 19.4. The van der Waals surface area contributed by atoms with Crippen LogP contribution >= 0.6 is 0 Å². The zero-order chi connectivity index (χ0) is 30.9. The van der Waals surface area contributed by atoms with E-state index in [1.807, 2.05) is 49.7 Å². The summed E-state index contributed by atoms with van der Waals surface area (Å²) in [5, 5.41) is 7.71. The quantitative estimate of drug-likeness (QED) is 0.223. The van der Waals surface area contributed by atoms with Crippen LogP contribution in [0.4, 0.5) is 29.2 Å². The van der Waals surface area contributed by atoms with Crippen LogP contribution in [0.5, 0.6) is 5.75 Å². The lowest BCUT2D eigenvalue weighted by Crippen LogP contribution is -2.44. The molecular weight excluding hydrogens is 552 g/mol. The smallest absolute Gasteiger partial charge is 0.419 e. The van der Waals surface area contributed by atoms with E-state index in [1.165, 1.54) is 6.07 Å². The number of nitrogens with zero attached hydrogens (tertiary/aromatic N) is 3. The van der Waals surface area contributed by atoms with Gasteiger partial charge in [-0.05, 0) is 91.5 Å². The summed E-state index contributed by atoms with van der Waals surface area (Å²) < 4.78 is 67.5. The molecule has 1 fully saturated rings. The molecule has 0 saturated heterocycles. The minimum atomic E-state index is -4.83. The van der Waals surface area contributed by atoms with Crippen molar-refractivity contribution in [3.8, 4) is 5.75 Å². The summed E-state index contributed by atoms with van der Waals surface area (Å²) in [7, 11) is 0. The van der Waals surface area contributed by atoms with E-state index < -0.39 is 40.4 Å². The molecule has 2 heterocycles. The Bertz CT molecular complexity index is 1400. The second-order valence-corrected chi connectivity index (χ2v) is 12.8. The molecule has 1 aliphatic rings. The number of rotatable bonds is 7. The second kappa shape index (κ2) is 11.6. The first-order valence-electron chi connectivity index (χ1n) is 14.0. The minimum Gasteiger partial charge on any atom is -0.487 e. The number of alkyl halides is 3. The highest BCUT2D eigenvalue weighted by Gasteiger charge is 2.46. The number of aromatic nitrogens is 3. The maximum Gasteiger partial charge on any atom is 0.419 e. The maximum absolute atomic E-state index is 14.6. The van der Waals surface area contributed by atoms with Gasteiger partial charge in [0.25, 0.3) is 0 Å². The number of pyridine rings is 1. The molecule has 228 valence electrons. The fourth-order valence-electron chi connectivity index (χ4n) is 5.16. The summed E-state index contributed by atoms with van der Waals surface area (Å²) >= 11 is 0. The average molecular weight is 591 g/mol. The highest BCUT2D eigenvalue weighted by molar-refractivity contribution is 5.78. The Balaban J connectivity index is 1.54. The van der Waals surface area contributed by atoms with Crippen molar-refractivity contribution in [1.82, 2.24) is 14.8 Å². The normalized spacial score (nSPS) is 19.8. The van der Waals surface area contributed by atoms with Gasteiger partial charge < -0.3 is 14.8 Å². The lowest BCUT2D eigenvalue weighted by Gasteiger charge is -2.39. The molecule has 0 unspecified atom stereocenters. The van der Waals surface area contributed by atoms with Gasteiger partial charge in [-0.15, -0.1) is 0 Å². The number of nitrogens with one attached hydrogen (secondary N) is 1. The number of benzene rings is 1. The Morgan fingerprint density at radius 1 is 1.02 bits per heavy atom. The average Bonchev–Trinajstić information content (AvgIpc) is 3.34. The third-order valence-corrected chi connectivity index (χ3v) is 7.14. The minimum absolute atomic E-state index is 0.248. The van der Waals surface area contributed by atoms with Gasteiger partial charge in [-0.3, -0.25) is 4.79 Å². The zero-order valence-corrected chi connectivity index (χ0v) is 24.8. The molecule has 1 aliphatic carbocycles. The maximum atomic E-state index is 14.6. The van der Waals surface area contributed by atoms with Gasteiger partial charge in [0.2, 0.25) is 0 Å². The van der Waals surface area contributed by atoms with Crippen molar-refractivity contribution in [2.45, 2.75) is 97.1 Å². The van der Waals surface area contributed by atoms with Crippen molar-refractivity contribution in [1.29, 1.82) is 0 Å². The van der Waals surface area contributed by atoms with Crippen LogP contribution in [0.1, 0.15) is 78.5 Å². The molecule has 1 N–H and O–H groups in total. The van der Waals surface area contributed by atoms with Gasteiger partial charge in [-0.1, -0.05) is 12.1 Å². The molecule has 0 amide bonds. The van der Waals surface area contributed by atoms with Gasteiger partial charge in [0.05, 0.1) is 28.8 Å². The van der Waals surface area contributed by atoms with Crippen molar-refractivity contribution in [2.24, 2.45) is 5.41 Å². The van der Waals surface area contributed by atoms with E-state index in [0.29, 0.717) is 49.7 Å². The SMILES string of the molecule is CC(C)(C)OC(=O)C1(Cc2cccc(Nc3ccnn3C(C)(C)C)n2)CCC(Oc2cccc(C(F)(F)F)c2F)CC1. The van der Waals surface area contributed by atoms with E-state index in [0.717, 1.165) is 11.9 Å². The number of halogens is 4. The third-order valence-electron chi connectivity index (χ3n) is 7.14. The number of anilines is 2. The number of ether oxygens (including phenoxy) is 2. The summed E-state index contributed by atoms with van der Waals surface area (Å²) in [4.78, 5) is 18.4. The molecule has 0 bridgehead atoms. The lowest BCUT2D eigenvalue weighted by atomic mass is 9.70. The molecule has 3 aromatic rings. The monoisotopic (exact) mass is 590 g/mol. The first kappa shape index (κ1) is 31.3. The molecular formula is C31H38F4N4O3. The first-order valence-corrected chi connectivity index (χ1v) is 14.0. The van der Waals surface area contributed by atoms with E-state index in [2.05, 4.69) is 10.4 Å². The molecule has 42 heavy (non-hydrogen) atoms. The largest absolute Gasteiger partial charge is 0.487 e. The Morgan fingerprint density at radius 3 is 2.31 bits per heavy atom. The molecule has 7 nitrogen and oxygen atoms in total. The first-order chi connectivity index (χ1) is 19.5. The van der Waals surface area contributed by atoms with Crippen molar-refractivity contribution < 1.29 is 31.8 Å². The van der Waals surface area contributed by atoms with Crippen LogP contribution in [0.25, 0.3) is 0 Å². The van der Waals surface area contributed by atoms with Crippen LogP contribution in [-0.4, -0.2) is 32.4 Å². The Kier molecular flexibility index (Phi) is 8.62. The van der Waals surface area contributed by atoms with Crippen molar-refractivity contribution in [3.63, 3.8) is 0 Å². The van der Waals surface area contributed by atoms with E-state index in [4.69, 9.17) is 14.5 Å². The van der Waals surface area contributed by atoms with E-state index in [-0.39, 0.29) is 11.5 Å². The van der Waals surface area contributed by atoms with Gasteiger partial charge in [-0.25, -0.2) is 14.1 Å². The molecule has 4 rings (SSSR count). The van der Waals surface area contributed by atoms with Crippen molar-refractivity contribution in [3.05, 3.63) is 65.7 Å². The van der Waals surface area contributed by atoms with Crippen LogP contribution in [0, 0.1) is 11.2 Å². The number of carbonyl (C=O) groups excluding carboxylic acids is 1. The molecule has 2 aromatic heterocycles. The predicted molar refractivity (Wildman–Crippen MR) is 151 cm³/mol. The summed E-state index contributed by atoms with van der Waals surface area (Å²) in [5.74, 6) is -0.891. The summed E-state index contributed by atoms with van der Waals surface area (Å²) in [5.41, 5.74) is -2.60. The van der Waals surface area contributed by atoms with Crippen LogP contribution in [-0.2, 0) is 27.7 Å². The van der Waals surface area contributed by atoms with E-state index in [9.17, 15) is 22.4 Å². The van der Waals surface area contributed by atoms with Crippen LogP contribution in [0.2, 0.25) is 0 Å². The number of hydrogen-bond donors (Lipinski definition) is 1. The molecule has 0 radical (unpaired) electrons. The molecule has 0 aliphatic heterocycles. The Hall–Kier alpha value is -3.63. The predicted octanol–water partition coefficient (Wildman–Crippen LogP) is 7.83. The van der Waals surface area contributed by atoms with Gasteiger partial charge in [0.15, 0.2) is 11.6 Å². The Morgan fingerprint density at radius 2 is 1.69 bits per heavy atom. The van der Waals surface area contributed by atoms with Gasteiger partial charge >= 0.3 is 12.1 Å². The standard InChI is InChI=1S/C31H38F4N4O3/c1-28(2,3)39-25(15-18-36-39)38-24-12-7-9-20(37-24)19-30(27(40)42-29(4,5)6)16-13-21(14-17-30)41-23-11-8-10-22(26(23)32)31(33,34)35/h7-12,15,18,21H,13-14,16-17,19H2,1-6H3,(H,37,38). The summed E-state index contributed by atoms with van der Waals surface area (Å²) in [6.07, 6.45) is -2.05. The van der Waals surface area contributed by atoms with E-state index >= 15 is 0 Å². The molecule has 11 heteroatoms. The van der Waals surface area contributed by atoms with Crippen LogP contribution < -0.4 is 10.1 Å². The highest BCUT2D eigenvalue weighted by Crippen LogP contribution is 2.43. The second-order valence-electron chi connectivity index (χ2n) is 12.8. The topological polar surface area (TPSA) is 78.3 Å². The van der Waals surface area contributed by atoms with Crippen molar-refractivity contribution >= 4 is 17.6 Å². The fourth-order valence-corrected chi connectivity index (χ4v) is 5.16. The Labute approximate surface area is 243 Å². The van der Waals surface area contributed by atoms with Crippen LogP contribution in [0.15, 0.2) is 48.7 Å². The van der Waals surface area contributed by atoms with Crippen LogP contribution in [0.3, 0.4) is 0 Å². The summed E-state index contributed by atoms with van der Waals surface area (Å²) in [6, 6.07) is 10.4. The fraction of sp³-hybridized carbons (Fsp3) is 0.516. The number of carbonyl (C=O) groups is 1.